The molecule has 9 rings (SSSR count). The van der Waals surface area contributed by atoms with Crippen LogP contribution in [0.15, 0.2) is 182 Å². The predicted octanol–water partition coefficient (Wildman–Crippen LogP) is 11.4. The van der Waals surface area contributed by atoms with E-state index in [1.807, 2.05) is 140 Å². The molecule has 0 amide bonds. The van der Waals surface area contributed by atoms with Crippen LogP contribution in [0.4, 0.5) is 0 Å². The molecule has 0 saturated carbocycles. The number of hydrogen-bond acceptors (Lipinski definition) is 6. The van der Waals surface area contributed by atoms with Crippen LogP contribution in [0.25, 0.3) is 90.0 Å². The van der Waals surface area contributed by atoms with Gasteiger partial charge >= 0.3 is 0 Å². The van der Waals surface area contributed by atoms with Crippen LogP contribution in [-0.4, -0.2) is 24.9 Å². The SMILES string of the molecule is N#Cc1cccc(-c2cc(-c3ccccc3-c3nc(-c4ccccc4)nc4ccccc34)ccc2-c2nc(-c3ccccc3)nc(-c3ccccc3)n2)c1. The molecule has 252 valence electrons. The highest BCUT2D eigenvalue weighted by Crippen LogP contribution is 2.40. The first-order chi connectivity index (χ1) is 26.7. The van der Waals surface area contributed by atoms with Crippen molar-refractivity contribution in [3.05, 3.63) is 188 Å². The Balaban J connectivity index is 1.27. The zero-order valence-electron chi connectivity index (χ0n) is 29.0. The second kappa shape index (κ2) is 14.2. The molecular formula is C48H30N6. The highest BCUT2D eigenvalue weighted by Gasteiger charge is 2.20. The van der Waals surface area contributed by atoms with Gasteiger partial charge in [0.25, 0.3) is 0 Å². The quantitative estimate of drug-likeness (QED) is 0.165. The van der Waals surface area contributed by atoms with Crippen molar-refractivity contribution in [1.29, 1.82) is 5.26 Å². The number of nitriles is 1. The lowest BCUT2D eigenvalue weighted by Gasteiger charge is -2.16. The lowest BCUT2D eigenvalue weighted by atomic mass is 9.90. The molecule has 0 N–H and O–H groups in total. The van der Waals surface area contributed by atoms with E-state index in [0.29, 0.717) is 28.9 Å². The van der Waals surface area contributed by atoms with Gasteiger partial charge in [-0.05, 0) is 52.6 Å². The highest BCUT2D eigenvalue weighted by molar-refractivity contribution is 5.99. The van der Waals surface area contributed by atoms with E-state index in [-0.39, 0.29) is 0 Å². The molecule has 2 heterocycles. The molecule has 0 unspecified atom stereocenters. The normalized spacial score (nSPS) is 10.9. The van der Waals surface area contributed by atoms with E-state index in [0.717, 1.165) is 66.7 Å². The first-order valence-corrected chi connectivity index (χ1v) is 17.7. The summed E-state index contributed by atoms with van der Waals surface area (Å²) in [7, 11) is 0. The fourth-order valence-electron chi connectivity index (χ4n) is 6.77. The Bertz CT molecular complexity index is 2770. The van der Waals surface area contributed by atoms with Crippen LogP contribution >= 0.6 is 0 Å². The van der Waals surface area contributed by atoms with Crippen molar-refractivity contribution in [2.24, 2.45) is 0 Å². The van der Waals surface area contributed by atoms with Gasteiger partial charge in [-0.2, -0.15) is 5.26 Å². The number of fused-ring (bicyclic) bond motifs is 1. The lowest BCUT2D eigenvalue weighted by molar-refractivity contribution is 1.07. The molecule has 0 aliphatic rings. The van der Waals surface area contributed by atoms with E-state index in [1.165, 1.54) is 0 Å². The van der Waals surface area contributed by atoms with E-state index in [4.69, 9.17) is 24.9 Å². The molecule has 9 aromatic rings. The number of benzene rings is 7. The summed E-state index contributed by atoms with van der Waals surface area (Å²) in [4.78, 5) is 25.2. The van der Waals surface area contributed by atoms with E-state index >= 15 is 0 Å². The van der Waals surface area contributed by atoms with Gasteiger partial charge in [0.15, 0.2) is 23.3 Å². The first kappa shape index (κ1) is 32.3. The number of hydrogen-bond donors (Lipinski definition) is 0. The smallest absolute Gasteiger partial charge is 0.164 e. The maximum atomic E-state index is 9.91. The number of para-hydroxylation sites is 1. The van der Waals surface area contributed by atoms with Crippen molar-refractivity contribution in [3.63, 3.8) is 0 Å². The van der Waals surface area contributed by atoms with Gasteiger partial charge in [-0.25, -0.2) is 24.9 Å². The minimum Gasteiger partial charge on any atom is -0.228 e. The van der Waals surface area contributed by atoms with Gasteiger partial charge in [0.2, 0.25) is 0 Å². The summed E-state index contributed by atoms with van der Waals surface area (Å²) in [5, 5.41) is 10.9. The van der Waals surface area contributed by atoms with E-state index in [1.54, 1.807) is 0 Å². The highest BCUT2D eigenvalue weighted by atomic mass is 15.0. The number of aromatic nitrogens is 5. The molecule has 0 bridgehead atoms. The second-order valence-corrected chi connectivity index (χ2v) is 12.8. The average Bonchev–Trinajstić information content (AvgIpc) is 3.26. The Hall–Kier alpha value is -7.62. The van der Waals surface area contributed by atoms with Crippen LogP contribution in [0.1, 0.15) is 5.56 Å². The summed E-state index contributed by atoms with van der Waals surface area (Å²) < 4.78 is 0. The molecule has 0 saturated heterocycles. The molecule has 0 atom stereocenters. The minimum atomic E-state index is 0.536. The van der Waals surface area contributed by atoms with Crippen LogP contribution in [0, 0.1) is 11.3 Å². The molecule has 6 nitrogen and oxygen atoms in total. The Labute approximate surface area is 312 Å². The van der Waals surface area contributed by atoms with Gasteiger partial charge < -0.3 is 0 Å². The van der Waals surface area contributed by atoms with Crippen LogP contribution in [0.2, 0.25) is 0 Å². The topological polar surface area (TPSA) is 88.2 Å². The van der Waals surface area contributed by atoms with Gasteiger partial charge in [0.1, 0.15) is 0 Å². The van der Waals surface area contributed by atoms with Crippen molar-refractivity contribution in [2.75, 3.05) is 0 Å². The van der Waals surface area contributed by atoms with Crippen LogP contribution < -0.4 is 0 Å². The second-order valence-electron chi connectivity index (χ2n) is 12.8. The van der Waals surface area contributed by atoms with Crippen molar-refractivity contribution >= 4 is 10.9 Å². The Kier molecular flexibility index (Phi) is 8.48. The molecule has 0 aliphatic carbocycles. The fourth-order valence-corrected chi connectivity index (χ4v) is 6.77. The Morgan fingerprint density at radius 2 is 0.852 bits per heavy atom. The van der Waals surface area contributed by atoms with Crippen molar-refractivity contribution in [3.8, 4) is 85.1 Å². The minimum absolute atomic E-state index is 0.536. The maximum absolute atomic E-state index is 9.91. The lowest BCUT2D eigenvalue weighted by Crippen LogP contribution is -2.01. The summed E-state index contributed by atoms with van der Waals surface area (Å²) in [5.74, 6) is 2.36. The van der Waals surface area contributed by atoms with Crippen LogP contribution in [-0.2, 0) is 0 Å². The van der Waals surface area contributed by atoms with Crippen molar-refractivity contribution < 1.29 is 0 Å². The Morgan fingerprint density at radius 1 is 0.333 bits per heavy atom. The van der Waals surface area contributed by atoms with Crippen molar-refractivity contribution in [2.45, 2.75) is 0 Å². The van der Waals surface area contributed by atoms with E-state index in [9.17, 15) is 5.26 Å². The van der Waals surface area contributed by atoms with Gasteiger partial charge in [-0.3, -0.25) is 0 Å². The predicted molar refractivity (Wildman–Crippen MR) is 216 cm³/mol. The standard InChI is InChI=1S/C48H30N6/c49-31-32-15-14-22-36(29-32)42-30-37(27-28-40(42)48-53-46(34-18-6-2-7-19-34)52-47(54-48)35-20-8-3-9-21-35)38-23-10-11-24-39(38)44-41-25-12-13-26-43(41)50-45(51-44)33-16-4-1-5-17-33/h1-30H. The van der Waals surface area contributed by atoms with Crippen LogP contribution in [0.3, 0.4) is 0 Å². The molecule has 2 aromatic heterocycles. The van der Waals surface area contributed by atoms with Crippen molar-refractivity contribution in [1.82, 2.24) is 24.9 Å². The van der Waals surface area contributed by atoms with Crippen LogP contribution in [0.5, 0.6) is 0 Å². The van der Waals surface area contributed by atoms with Gasteiger partial charge in [-0.15, -0.1) is 0 Å². The molecule has 54 heavy (non-hydrogen) atoms. The summed E-state index contributed by atoms with van der Waals surface area (Å²) in [5.41, 5.74) is 10.6. The third kappa shape index (κ3) is 6.27. The summed E-state index contributed by atoms with van der Waals surface area (Å²) >= 11 is 0. The number of nitrogens with zero attached hydrogens (tertiary/aromatic N) is 6. The zero-order valence-corrected chi connectivity index (χ0v) is 29.0. The maximum Gasteiger partial charge on any atom is 0.164 e. The Morgan fingerprint density at radius 3 is 1.50 bits per heavy atom. The molecule has 7 aromatic carbocycles. The molecule has 0 fully saturated rings. The average molecular weight is 691 g/mol. The van der Waals surface area contributed by atoms with Gasteiger partial charge in [0.05, 0.1) is 22.8 Å². The third-order valence-electron chi connectivity index (χ3n) is 9.39. The molecule has 0 radical (unpaired) electrons. The van der Waals surface area contributed by atoms with E-state index < -0.39 is 0 Å². The fraction of sp³-hybridized carbons (Fsp3) is 0. The molecule has 0 aliphatic heterocycles. The largest absolute Gasteiger partial charge is 0.228 e. The monoisotopic (exact) mass is 690 g/mol. The molecule has 6 heteroatoms. The summed E-state index contributed by atoms with van der Waals surface area (Å²) in [6.07, 6.45) is 0. The summed E-state index contributed by atoms with van der Waals surface area (Å²) in [6.45, 7) is 0. The van der Waals surface area contributed by atoms with Gasteiger partial charge in [0, 0.05) is 33.2 Å². The third-order valence-corrected chi connectivity index (χ3v) is 9.39. The molecular weight excluding hydrogens is 661 g/mol. The summed E-state index contributed by atoms with van der Waals surface area (Å²) in [6, 6.07) is 62.8. The van der Waals surface area contributed by atoms with E-state index in [2.05, 4.69) is 48.5 Å². The molecule has 0 spiro atoms. The number of rotatable bonds is 7. The van der Waals surface area contributed by atoms with Gasteiger partial charge in [-0.1, -0.05) is 152 Å². The zero-order chi connectivity index (χ0) is 36.3. The first-order valence-electron chi connectivity index (χ1n) is 17.7.